The van der Waals surface area contributed by atoms with Gasteiger partial charge in [0, 0.05) is 11.8 Å². The number of nitrogens with zero attached hydrogens (tertiary/aromatic N) is 1. The van der Waals surface area contributed by atoms with Gasteiger partial charge in [0.15, 0.2) is 0 Å². The molecule has 1 aromatic carbocycles. The second-order valence-electron chi connectivity index (χ2n) is 3.80. The van der Waals surface area contributed by atoms with Gasteiger partial charge in [-0.15, -0.1) is 0 Å². The SMILES string of the molecule is Cc1ccoc1CNc1ccc([N+](=O)[O-])c(Br)c1. The van der Waals surface area contributed by atoms with E-state index in [1.807, 2.05) is 13.0 Å². The van der Waals surface area contributed by atoms with Gasteiger partial charge in [0.1, 0.15) is 5.76 Å². The number of hydrogen-bond acceptors (Lipinski definition) is 4. The van der Waals surface area contributed by atoms with Gasteiger partial charge in [-0.05, 0) is 46.6 Å². The van der Waals surface area contributed by atoms with Crippen LogP contribution in [0.4, 0.5) is 11.4 Å². The zero-order valence-corrected chi connectivity index (χ0v) is 11.2. The second kappa shape index (κ2) is 5.22. The average molecular weight is 311 g/mol. The predicted molar refractivity (Wildman–Crippen MR) is 71.6 cm³/mol. The quantitative estimate of drug-likeness (QED) is 0.687. The van der Waals surface area contributed by atoms with Crippen LogP contribution < -0.4 is 5.32 Å². The number of anilines is 1. The van der Waals surface area contributed by atoms with E-state index in [0.29, 0.717) is 11.0 Å². The molecule has 1 N–H and O–H groups in total. The fourth-order valence-corrected chi connectivity index (χ4v) is 2.06. The maximum atomic E-state index is 10.7. The molecule has 6 heteroatoms. The highest BCUT2D eigenvalue weighted by Crippen LogP contribution is 2.28. The summed E-state index contributed by atoms with van der Waals surface area (Å²) in [4.78, 5) is 10.2. The molecule has 0 unspecified atom stereocenters. The van der Waals surface area contributed by atoms with E-state index in [1.165, 1.54) is 6.07 Å². The topological polar surface area (TPSA) is 68.3 Å². The van der Waals surface area contributed by atoms with Crippen LogP contribution in [0.5, 0.6) is 0 Å². The van der Waals surface area contributed by atoms with E-state index in [2.05, 4.69) is 21.2 Å². The zero-order chi connectivity index (χ0) is 13.1. The molecule has 0 saturated carbocycles. The van der Waals surface area contributed by atoms with Crippen LogP contribution in [-0.2, 0) is 6.54 Å². The fourth-order valence-electron chi connectivity index (χ4n) is 1.53. The molecule has 1 heterocycles. The van der Waals surface area contributed by atoms with Gasteiger partial charge in [-0.1, -0.05) is 0 Å². The van der Waals surface area contributed by atoms with Crippen molar-refractivity contribution < 1.29 is 9.34 Å². The lowest BCUT2D eigenvalue weighted by atomic mass is 10.2. The molecule has 0 radical (unpaired) electrons. The summed E-state index contributed by atoms with van der Waals surface area (Å²) in [5, 5.41) is 13.8. The van der Waals surface area contributed by atoms with Gasteiger partial charge in [-0.3, -0.25) is 10.1 Å². The summed E-state index contributed by atoms with van der Waals surface area (Å²) in [6.07, 6.45) is 1.64. The minimum Gasteiger partial charge on any atom is -0.467 e. The normalized spacial score (nSPS) is 10.3. The molecule has 94 valence electrons. The van der Waals surface area contributed by atoms with Crippen molar-refractivity contribution in [1.29, 1.82) is 0 Å². The van der Waals surface area contributed by atoms with E-state index in [0.717, 1.165) is 17.0 Å². The molecule has 5 nitrogen and oxygen atoms in total. The summed E-state index contributed by atoms with van der Waals surface area (Å²) in [7, 11) is 0. The molecule has 0 aliphatic carbocycles. The fraction of sp³-hybridized carbons (Fsp3) is 0.167. The number of nitro groups is 1. The van der Waals surface area contributed by atoms with Gasteiger partial charge in [-0.2, -0.15) is 0 Å². The van der Waals surface area contributed by atoms with Gasteiger partial charge < -0.3 is 9.73 Å². The van der Waals surface area contributed by atoms with Crippen LogP contribution in [0.25, 0.3) is 0 Å². The van der Waals surface area contributed by atoms with Crippen molar-refractivity contribution in [3.05, 3.63) is 56.4 Å². The number of rotatable bonds is 4. The Morgan fingerprint density at radius 3 is 2.78 bits per heavy atom. The van der Waals surface area contributed by atoms with E-state index >= 15 is 0 Å². The largest absolute Gasteiger partial charge is 0.467 e. The summed E-state index contributed by atoms with van der Waals surface area (Å²) in [5.41, 5.74) is 1.92. The molecule has 0 saturated heterocycles. The number of nitrogens with one attached hydrogen (secondary N) is 1. The van der Waals surface area contributed by atoms with Crippen LogP contribution >= 0.6 is 15.9 Å². The molecular weight excluding hydrogens is 300 g/mol. The summed E-state index contributed by atoms with van der Waals surface area (Å²) in [6.45, 7) is 2.51. The van der Waals surface area contributed by atoms with E-state index in [-0.39, 0.29) is 5.69 Å². The predicted octanol–water partition coefficient (Wildman–Crippen LogP) is 3.87. The molecule has 18 heavy (non-hydrogen) atoms. The molecule has 2 aromatic rings. The van der Waals surface area contributed by atoms with Crippen LogP contribution in [0.3, 0.4) is 0 Å². The Morgan fingerprint density at radius 1 is 1.44 bits per heavy atom. The second-order valence-corrected chi connectivity index (χ2v) is 4.66. The maximum Gasteiger partial charge on any atom is 0.283 e. The first-order valence-electron chi connectivity index (χ1n) is 5.28. The van der Waals surface area contributed by atoms with E-state index in [1.54, 1.807) is 18.4 Å². The molecule has 0 fully saturated rings. The summed E-state index contributed by atoms with van der Waals surface area (Å²) in [6, 6.07) is 6.70. The molecular formula is C12H11BrN2O3. The Morgan fingerprint density at radius 2 is 2.22 bits per heavy atom. The van der Waals surface area contributed by atoms with Crippen molar-refractivity contribution in [1.82, 2.24) is 0 Å². The minimum absolute atomic E-state index is 0.0507. The van der Waals surface area contributed by atoms with Gasteiger partial charge in [-0.25, -0.2) is 0 Å². The summed E-state index contributed by atoms with van der Waals surface area (Å²) in [5.74, 6) is 0.851. The lowest BCUT2D eigenvalue weighted by Gasteiger charge is -2.06. The molecule has 0 amide bonds. The van der Waals surface area contributed by atoms with Crippen LogP contribution in [0.2, 0.25) is 0 Å². The summed E-state index contributed by atoms with van der Waals surface area (Å²) >= 11 is 3.18. The van der Waals surface area contributed by atoms with Crippen LogP contribution in [-0.4, -0.2) is 4.92 Å². The van der Waals surface area contributed by atoms with Crippen molar-refractivity contribution in [2.24, 2.45) is 0 Å². The third-order valence-corrected chi connectivity index (χ3v) is 3.20. The number of aryl methyl sites for hydroxylation is 1. The number of nitro benzene ring substituents is 1. The van der Waals surface area contributed by atoms with Crippen molar-refractivity contribution in [3.63, 3.8) is 0 Å². The Kier molecular flexibility index (Phi) is 3.66. The maximum absolute atomic E-state index is 10.7. The van der Waals surface area contributed by atoms with Crippen LogP contribution in [0.1, 0.15) is 11.3 Å². The Hall–Kier alpha value is -1.82. The molecule has 0 spiro atoms. The lowest BCUT2D eigenvalue weighted by molar-refractivity contribution is -0.385. The number of halogens is 1. The molecule has 0 bridgehead atoms. The zero-order valence-electron chi connectivity index (χ0n) is 9.64. The van der Waals surface area contributed by atoms with Gasteiger partial charge in [0.25, 0.3) is 5.69 Å². The number of furan rings is 1. The number of hydrogen-bond donors (Lipinski definition) is 1. The van der Waals surface area contributed by atoms with Crippen molar-refractivity contribution in [2.75, 3.05) is 5.32 Å². The third-order valence-electron chi connectivity index (χ3n) is 2.57. The highest BCUT2D eigenvalue weighted by molar-refractivity contribution is 9.10. The first kappa shape index (κ1) is 12.6. The summed E-state index contributed by atoms with van der Waals surface area (Å²) < 4.78 is 5.75. The van der Waals surface area contributed by atoms with Gasteiger partial charge in [0.05, 0.1) is 22.2 Å². The Labute approximate surface area is 112 Å². The Bertz CT molecular complexity index is 580. The van der Waals surface area contributed by atoms with Crippen molar-refractivity contribution in [2.45, 2.75) is 13.5 Å². The standard InChI is InChI=1S/C12H11BrN2O3/c1-8-4-5-18-12(8)7-14-9-2-3-11(15(16)17)10(13)6-9/h2-6,14H,7H2,1H3. The van der Waals surface area contributed by atoms with Crippen molar-refractivity contribution >= 4 is 27.3 Å². The van der Waals surface area contributed by atoms with Crippen LogP contribution in [0.15, 0.2) is 39.4 Å². The van der Waals surface area contributed by atoms with E-state index < -0.39 is 4.92 Å². The highest BCUT2D eigenvalue weighted by atomic mass is 79.9. The average Bonchev–Trinajstić information content (AvgIpc) is 2.72. The molecule has 0 aliphatic rings. The Balaban J connectivity index is 2.09. The van der Waals surface area contributed by atoms with Gasteiger partial charge in [0.2, 0.25) is 0 Å². The van der Waals surface area contributed by atoms with Gasteiger partial charge >= 0.3 is 0 Å². The monoisotopic (exact) mass is 310 g/mol. The van der Waals surface area contributed by atoms with Crippen molar-refractivity contribution in [3.8, 4) is 0 Å². The van der Waals surface area contributed by atoms with E-state index in [9.17, 15) is 10.1 Å². The lowest BCUT2D eigenvalue weighted by Crippen LogP contribution is -2.00. The molecule has 0 atom stereocenters. The van der Waals surface area contributed by atoms with E-state index in [4.69, 9.17) is 4.42 Å². The molecule has 0 aliphatic heterocycles. The third kappa shape index (κ3) is 2.70. The number of benzene rings is 1. The molecule has 1 aromatic heterocycles. The highest BCUT2D eigenvalue weighted by Gasteiger charge is 2.11. The first-order chi connectivity index (χ1) is 8.58. The molecule has 2 rings (SSSR count). The minimum atomic E-state index is -0.426. The smallest absolute Gasteiger partial charge is 0.283 e. The first-order valence-corrected chi connectivity index (χ1v) is 6.08. The van der Waals surface area contributed by atoms with Crippen LogP contribution in [0, 0.1) is 17.0 Å².